The van der Waals surface area contributed by atoms with Gasteiger partial charge >= 0.3 is 14.1 Å². The van der Waals surface area contributed by atoms with Gasteiger partial charge in [-0.2, -0.15) is 0 Å². The summed E-state index contributed by atoms with van der Waals surface area (Å²) in [5, 5.41) is 2.73. The molecule has 0 fully saturated rings. The Hall–Kier alpha value is -3.07. The smallest absolute Gasteiger partial charge is 0.119 e. The zero-order chi connectivity index (χ0) is 27.2. The van der Waals surface area contributed by atoms with Crippen molar-refractivity contribution in [1.29, 1.82) is 0 Å². The van der Waals surface area contributed by atoms with Gasteiger partial charge in [-0.3, -0.25) is 0 Å². The van der Waals surface area contributed by atoms with Gasteiger partial charge in [0.1, 0.15) is 0 Å². The Labute approximate surface area is 235 Å². The minimum absolute atomic E-state index is 0.162. The molecule has 0 aliphatic rings. The van der Waals surface area contributed by atoms with Crippen molar-refractivity contribution in [1.82, 2.24) is 0 Å². The van der Waals surface area contributed by atoms with Crippen LogP contribution in [0.2, 0.25) is 8.55 Å². The SMILES string of the molecule is C[C](C)(C)[Al](/[C](=C\c1ccccc1)[Si](C#Cc1ccccc1)(c1ccccc1)c1ccccc1)[C](C)(C)C. The molecule has 0 atom stereocenters. The summed E-state index contributed by atoms with van der Waals surface area (Å²) in [6, 6.07) is 43.7. The molecule has 0 saturated carbocycles. The van der Waals surface area contributed by atoms with E-state index in [9.17, 15) is 0 Å². The number of benzene rings is 4. The van der Waals surface area contributed by atoms with Crippen molar-refractivity contribution in [3.63, 3.8) is 0 Å². The normalized spacial score (nSPS) is 12.4. The molecule has 0 N–H and O–H groups in total. The topological polar surface area (TPSA) is 0 Å². The molecule has 0 bridgehead atoms. The summed E-state index contributed by atoms with van der Waals surface area (Å²) in [7, 11) is -2.76. The lowest BCUT2D eigenvalue weighted by Gasteiger charge is -2.44. The second-order valence-corrected chi connectivity index (χ2v) is 21.3. The molecule has 2 heteroatoms. The standard InChI is InChI=1S/C28H21Si.2C4H9.Al/c1-5-13-25(14-6-1)21-23-29(27-17-9-3-10-18-27,28-19-11-4-12-20-28)24-22-26-15-7-2-8-16-26;2*1-4(2)3;/h1-21H;2*1-3H3;. The monoisotopic (exact) mass is 526 g/mol. The Morgan fingerprint density at radius 1 is 0.579 bits per heavy atom. The molecule has 0 aliphatic carbocycles. The highest BCUT2D eigenvalue weighted by Gasteiger charge is 2.53. The summed E-state index contributed by atoms with van der Waals surface area (Å²) in [6.07, 6.45) is 2.54. The molecular weight excluding hydrogens is 487 g/mol. The third-order valence-corrected chi connectivity index (χ3v) is 17.5. The van der Waals surface area contributed by atoms with Crippen LogP contribution in [-0.2, 0) is 0 Å². The van der Waals surface area contributed by atoms with E-state index in [0.717, 1.165) is 5.56 Å². The molecule has 0 unspecified atom stereocenters. The molecule has 0 aliphatic heterocycles. The fraction of sp³-hybridized carbons (Fsp3) is 0.222. The van der Waals surface area contributed by atoms with E-state index in [1.54, 1.807) is 4.06 Å². The van der Waals surface area contributed by atoms with Gasteiger partial charge in [-0.25, -0.2) is 0 Å². The molecule has 38 heavy (non-hydrogen) atoms. The second-order valence-electron chi connectivity index (χ2n) is 12.3. The first-order valence-electron chi connectivity index (χ1n) is 13.6. The molecule has 190 valence electrons. The maximum Gasteiger partial charge on any atom is 0.308 e. The highest BCUT2D eigenvalue weighted by atomic mass is 28.3. The summed E-state index contributed by atoms with van der Waals surface area (Å²) in [5.41, 5.74) is 6.41. The quantitative estimate of drug-likeness (QED) is 0.182. The molecule has 0 aromatic heterocycles. The summed E-state index contributed by atoms with van der Waals surface area (Å²) in [6.45, 7) is 14.7. The Morgan fingerprint density at radius 3 is 1.39 bits per heavy atom. The van der Waals surface area contributed by atoms with Crippen LogP contribution in [0.25, 0.3) is 6.08 Å². The van der Waals surface area contributed by atoms with Crippen molar-refractivity contribution in [3.8, 4) is 11.5 Å². The van der Waals surface area contributed by atoms with Crippen LogP contribution in [0.1, 0.15) is 52.7 Å². The van der Waals surface area contributed by atoms with E-state index in [0.29, 0.717) is 0 Å². The maximum absolute atomic E-state index is 4.08. The average Bonchev–Trinajstić information content (AvgIpc) is 2.90. The van der Waals surface area contributed by atoms with Gasteiger partial charge in [-0.15, -0.1) is 9.60 Å². The molecule has 0 amide bonds. The first kappa shape index (κ1) is 28.0. The van der Waals surface area contributed by atoms with Gasteiger partial charge in [0.15, 0.2) is 0 Å². The third kappa shape index (κ3) is 6.31. The minimum atomic E-state index is -2.76. The first-order chi connectivity index (χ1) is 18.1. The molecule has 0 radical (unpaired) electrons. The van der Waals surface area contributed by atoms with E-state index in [4.69, 9.17) is 0 Å². The average molecular weight is 527 g/mol. The van der Waals surface area contributed by atoms with Gasteiger partial charge in [-0.1, -0.05) is 171 Å². The number of hydrogen-bond donors (Lipinski definition) is 0. The summed E-state index contributed by atoms with van der Waals surface area (Å²) < 4.78 is 1.93. The van der Waals surface area contributed by atoms with Gasteiger partial charge in [0.25, 0.3) is 0 Å². The van der Waals surface area contributed by atoms with E-state index in [1.807, 2.05) is 0 Å². The Bertz CT molecular complexity index is 1350. The minimum Gasteiger partial charge on any atom is -0.119 e. The Balaban J connectivity index is 2.20. The van der Waals surface area contributed by atoms with Crippen LogP contribution in [0.15, 0.2) is 125 Å². The largest absolute Gasteiger partial charge is 0.308 e. The third-order valence-electron chi connectivity index (χ3n) is 7.18. The number of rotatable bonds is 5. The highest BCUT2D eigenvalue weighted by Crippen LogP contribution is 2.47. The molecular formula is C36H39AlSi. The van der Waals surface area contributed by atoms with Crippen molar-refractivity contribution in [2.45, 2.75) is 50.1 Å². The van der Waals surface area contributed by atoms with Crippen molar-refractivity contribution >= 4 is 38.7 Å². The molecule has 4 rings (SSSR count). The predicted octanol–water partition coefficient (Wildman–Crippen LogP) is 8.10. The Kier molecular flexibility index (Phi) is 8.65. The lowest BCUT2D eigenvalue weighted by molar-refractivity contribution is 0.651. The fourth-order valence-electron chi connectivity index (χ4n) is 6.15. The van der Waals surface area contributed by atoms with Gasteiger partial charge in [0.05, 0.1) is 0 Å². The maximum atomic E-state index is 4.08. The van der Waals surface area contributed by atoms with Crippen LogP contribution in [0.3, 0.4) is 0 Å². The molecule has 0 nitrogen and oxygen atoms in total. The molecule has 0 heterocycles. The predicted molar refractivity (Wildman–Crippen MR) is 171 cm³/mol. The first-order valence-corrected chi connectivity index (χ1v) is 17.3. The summed E-state index contributed by atoms with van der Waals surface area (Å²) in [5.74, 6) is 3.70. The van der Waals surface area contributed by atoms with Crippen molar-refractivity contribution < 1.29 is 0 Å². The molecule has 0 saturated heterocycles. The number of hydrogen-bond acceptors (Lipinski definition) is 0. The highest BCUT2D eigenvalue weighted by molar-refractivity contribution is 7.20. The van der Waals surface area contributed by atoms with Gasteiger partial charge in [-0.05, 0) is 28.1 Å². The van der Waals surface area contributed by atoms with E-state index in [2.05, 4.69) is 180 Å². The van der Waals surface area contributed by atoms with Gasteiger partial charge in [0.2, 0.25) is 8.07 Å². The van der Waals surface area contributed by atoms with Crippen LogP contribution in [-0.4, -0.2) is 22.2 Å². The van der Waals surface area contributed by atoms with Crippen LogP contribution < -0.4 is 10.4 Å². The van der Waals surface area contributed by atoms with E-state index >= 15 is 0 Å². The van der Waals surface area contributed by atoms with E-state index in [1.165, 1.54) is 15.9 Å². The fourth-order valence-corrected chi connectivity index (χ4v) is 20.1. The van der Waals surface area contributed by atoms with Crippen molar-refractivity contribution in [2.24, 2.45) is 0 Å². The van der Waals surface area contributed by atoms with Crippen molar-refractivity contribution in [3.05, 3.63) is 137 Å². The molecule has 4 aromatic carbocycles. The molecule has 0 spiro atoms. The summed E-state index contributed by atoms with van der Waals surface area (Å²) >= 11 is -1.66. The Morgan fingerprint density at radius 2 is 0.974 bits per heavy atom. The molecule has 4 aromatic rings. The van der Waals surface area contributed by atoms with Crippen LogP contribution >= 0.6 is 0 Å². The van der Waals surface area contributed by atoms with Crippen LogP contribution in [0, 0.1) is 11.5 Å². The summed E-state index contributed by atoms with van der Waals surface area (Å²) in [4.78, 5) is 0. The van der Waals surface area contributed by atoms with Crippen LogP contribution in [0.5, 0.6) is 0 Å². The lowest BCUT2D eigenvalue weighted by atomic mass is 10.2. The van der Waals surface area contributed by atoms with Crippen molar-refractivity contribution in [2.75, 3.05) is 0 Å². The zero-order valence-corrected chi connectivity index (χ0v) is 25.9. The van der Waals surface area contributed by atoms with Gasteiger partial charge in [0, 0.05) is 5.56 Å². The lowest BCUT2D eigenvalue weighted by Crippen LogP contribution is -2.64. The van der Waals surface area contributed by atoms with Crippen LogP contribution in [0.4, 0.5) is 0 Å². The van der Waals surface area contributed by atoms with E-state index < -0.39 is 22.2 Å². The second kappa shape index (κ2) is 11.8. The van der Waals surface area contributed by atoms with E-state index in [-0.39, 0.29) is 8.55 Å². The van der Waals surface area contributed by atoms with Gasteiger partial charge < -0.3 is 0 Å². The zero-order valence-electron chi connectivity index (χ0n) is 23.7.